The summed E-state index contributed by atoms with van der Waals surface area (Å²) in [5.74, 6) is -3.97. The number of anilines is 1. The lowest BCUT2D eigenvalue weighted by Crippen LogP contribution is -2.51. The number of amides is 1. The Morgan fingerprint density at radius 3 is 2.44 bits per heavy atom. The van der Waals surface area contributed by atoms with Crippen LogP contribution < -0.4 is 10.6 Å². The highest BCUT2D eigenvalue weighted by Gasteiger charge is 2.46. The Balaban J connectivity index is 1.97. The molecule has 0 spiro atoms. The van der Waals surface area contributed by atoms with Crippen molar-refractivity contribution < 1.29 is 33.3 Å². The number of para-hydroxylation sites is 1. The average Bonchev–Trinajstić information content (AvgIpc) is 3.18. The number of hydrogen-bond acceptors (Lipinski definition) is 7. The summed E-state index contributed by atoms with van der Waals surface area (Å²) >= 11 is 0. The van der Waals surface area contributed by atoms with E-state index in [1.807, 2.05) is 0 Å². The topological polar surface area (TPSA) is 118 Å². The molecule has 172 valence electrons. The van der Waals surface area contributed by atoms with E-state index < -0.39 is 30.1 Å². The molecule has 32 heavy (non-hydrogen) atoms. The van der Waals surface area contributed by atoms with Crippen LogP contribution in [0.5, 0.6) is 5.75 Å². The molecule has 3 atom stereocenters. The van der Waals surface area contributed by atoms with Gasteiger partial charge in [-0.25, -0.2) is 0 Å². The summed E-state index contributed by atoms with van der Waals surface area (Å²) < 4.78 is 34.5. The Hall–Kier alpha value is -3.37. The quantitative estimate of drug-likeness (QED) is 0.310. The van der Waals surface area contributed by atoms with Gasteiger partial charge in [-0.2, -0.15) is 8.78 Å². The number of halogens is 2. The van der Waals surface area contributed by atoms with Gasteiger partial charge in [0, 0.05) is 14.1 Å². The summed E-state index contributed by atoms with van der Waals surface area (Å²) in [6.07, 6.45) is -2.45. The van der Waals surface area contributed by atoms with Gasteiger partial charge in [0.2, 0.25) is 0 Å². The smallest absolute Gasteiger partial charge is 0.293 e. The molecule has 1 aliphatic carbocycles. The molecule has 1 amide bonds. The first-order valence-electron chi connectivity index (χ1n) is 9.73. The Kier molecular flexibility index (Phi) is 6.29. The summed E-state index contributed by atoms with van der Waals surface area (Å²) in [6, 6.07) is 5.56. The molecule has 8 nitrogen and oxygen atoms in total. The highest BCUT2D eigenvalue weighted by Crippen LogP contribution is 2.39. The van der Waals surface area contributed by atoms with Crippen LogP contribution in [-0.2, 0) is 0 Å². The van der Waals surface area contributed by atoms with Crippen LogP contribution in [0.3, 0.4) is 0 Å². The molecule has 1 aromatic heterocycles. The fourth-order valence-corrected chi connectivity index (χ4v) is 3.28. The second kappa shape index (κ2) is 8.64. The van der Waals surface area contributed by atoms with Crippen LogP contribution in [0, 0.1) is 6.92 Å². The van der Waals surface area contributed by atoms with Crippen molar-refractivity contribution in [2.24, 2.45) is 0 Å². The zero-order valence-corrected chi connectivity index (χ0v) is 17.8. The maximum Gasteiger partial charge on any atom is 0.293 e. The SMILES string of the molecule is C=CC(F)(F)C(NC1=C(Nc2cccc(C(=O)N(C)C)c2O)C(O)[C@H]1O)c1ccc(C)o1. The van der Waals surface area contributed by atoms with E-state index in [9.17, 15) is 28.9 Å². The third-order valence-electron chi connectivity index (χ3n) is 5.13. The summed E-state index contributed by atoms with van der Waals surface area (Å²) in [5, 5.41) is 36.2. The molecule has 3 rings (SSSR count). The number of hydrogen-bond donors (Lipinski definition) is 5. The number of phenols is 1. The van der Waals surface area contributed by atoms with Crippen molar-refractivity contribution in [1.29, 1.82) is 0 Å². The van der Waals surface area contributed by atoms with Crippen molar-refractivity contribution in [3.63, 3.8) is 0 Å². The summed E-state index contributed by atoms with van der Waals surface area (Å²) in [7, 11) is 3.05. The number of aliphatic hydroxyl groups excluding tert-OH is 2. The lowest BCUT2D eigenvalue weighted by Gasteiger charge is -2.39. The molecule has 0 saturated carbocycles. The van der Waals surface area contributed by atoms with Gasteiger partial charge in [0.15, 0.2) is 11.8 Å². The predicted molar refractivity (Wildman–Crippen MR) is 113 cm³/mol. The molecule has 2 aromatic rings. The molecule has 0 aliphatic heterocycles. The Labute approximate surface area is 183 Å². The van der Waals surface area contributed by atoms with E-state index in [0.29, 0.717) is 11.8 Å². The molecule has 1 aromatic carbocycles. The van der Waals surface area contributed by atoms with Gasteiger partial charge in [-0.3, -0.25) is 4.79 Å². The normalized spacial score (nSPS) is 19.2. The largest absolute Gasteiger partial charge is 0.505 e. The molecule has 10 heteroatoms. The number of alkyl halides is 2. The minimum atomic E-state index is -3.46. The molecule has 5 N–H and O–H groups in total. The first-order valence-corrected chi connectivity index (χ1v) is 9.73. The van der Waals surface area contributed by atoms with Crippen molar-refractivity contribution in [2.45, 2.75) is 31.1 Å². The minimum absolute atomic E-state index is 0.00611. The molecular formula is C22H25F2N3O5. The van der Waals surface area contributed by atoms with Gasteiger partial charge < -0.3 is 35.3 Å². The van der Waals surface area contributed by atoms with Crippen molar-refractivity contribution in [3.05, 3.63) is 71.5 Å². The fraction of sp³-hybridized carbons (Fsp3) is 0.318. The first kappa shape index (κ1) is 23.3. The summed E-state index contributed by atoms with van der Waals surface area (Å²) in [4.78, 5) is 13.5. The van der Waals surface area contributed by atoms with Crippen LogP contribution in [0.25, 0.3) is 0 Å². The van der Waals surface area contributed by atoms with Crippen molar-refractivity contribution >= 4 is 11.6 Å². The van der Waals surface area contributed by atoms with Crippen LogP contribution >= 0.6 is 0 Å². The van der Waals surface area contributed by atoms with Gasteiger partial charge in [0.25, 0.3) is 11.8 Å². The molecular weight excluding hydrogens is 424 g/mol. The first-order chi connectivity index (χ1) is 15.0. The number of furan rings is 1. The van der Waals surface area contributed by atoms with Gasteiger partial charge in [-0.05, 0) is 37.3 Å². The second-order valence-corrected chi connectivity index (χ2v) is 7.65. The highest BCUT2D eigenvalue weighted by molar-refractivity contribution is 5.98. The van der Waals surface area contributed by atoms with Gasteiger partial charge in [-0.15, -0.1) is 0 Å². The molecule has 1 heterocycles. The van der Waals surface area contributed by atoms with E-state index in [0.717, 1.165) is 0 Å². The molecule has 0 saturated heterocycles. The standard InChI is InChI=1S/C22H25F2N3O5/c1-5-22(23,24)20(14-10-9-11(2)32-14)26-16-15(18(29)19(16)30)25-13-8-6-7-12(17(13)28)21(31)27(3)4/h5-10,18-20,25-26,28-30H,1H2,2-4H3/t18?,19-,20?/m0/s1. The number of benzene rings is 1. The van der Waals surface area contributed by atoms with Crippen molar-refractivity contribution in [1.82, 2.24) is 10.2 Å². The number of aromatic hydroxyl groups is 1. The minimum Gasteiger partial charge on any atom is -0.505 e. The Bertz CT molecular complexity index is 1060. The zero-order valence-electron chi connectivity index (χ0n) is 17.8. The molecule has 0 fully saturated rings. The van der Waals surface area contributed by atoms with E-state index in [1.54, 1.807) is 6.92 Å². The van der Waals surface area contributed by atoms with E-state index in [-0.39, 0.29) is 34.2 Å². The number of aliphatic hydroxyl groups is 2. The van der Waals surface area contributed by atoms with Crippen LogP contribution in [0.15, 0.2) is 58.8 Å². The van der Waals surface area contributed by atoms with Crippen molar-refractivity contribution in [3.8, 4) is 5.75 Å². The van der Waals surface area contributed by atoms with E-state index >= 15 is 0 Å². The van der Waals surface area contributed by atoms with Crippen LogP contribution in [-0.4, -0.2) is 58.4 Å². The van der Waals surface area contributed by atoms with E-state index in [1.165, 1.54) is 49.3 Å². The molecule has 0 radical (unpaired) electrons. The number of nitrogens with one attached hydrogen (secondary N) is 2. The highest BCUT2D eigenvalue weighted by atomic mass is 19.3. The van der Waals surface area contributed by atoms with Crippen LogP contribution in [0.4, 0.5) is 14.5 Å². The zero-order chi connectivity index (χ0) is 23.8. The van der Waals surface area contributed by atoms with Gasteiger partial charge in [0.05, 0.1) is 22.6 Å². The number of nitrogens with zero attached hydrogens (tertiary/aromatic N) is 1. The number of carbonyl (C=O) groups excluding carboxylic acids is 1. The number of rotatable bonds is 8. The third-order valence-corrected chi connectivity index (χ3v) is 5.13. The maximum absolute atomic E-state index is 14.6. The summed E-state index contributed by atoms with van der Waals surface area (Å²) in [5.41, 5.74) is -0.0809. The predicted octanol–water partition coefficient (Wildman–Crippen LogP) is 2.51. The maximum atomic E-state index is 14.6. The summed E-state index contributed by atoms with van der Waals surface area (Å²) in [6.45, 7) is 4.77. The lowest BCUT2D eigenvalue weighted by molar-refractivity contribution is -0.00907. The Morgan fingerprint density at radius 1 is 1.22 bits per heavy atom. The van der Waals surface area contributed by atoms with E-state index in [4.69, 9.17) is 4.42 Å². The Morgan fingerprint density at radius 2 is 1.88 bits per heavy atom. The monoisotopic (exact) mass is 449 g/mol. The number of phenolic OH excluding ortho intramolecular Hbond substituents is 1. The molecule has 2 unspecified atom stereocenters. The van der Waals surface area contributed by atoms with Gasteiger partial charge >= 0.3 is 0 Å². The number of aryl methyl sites for hydroxylation is 1. The average molecular weight is 449 g/mol. The van der Waals surface area contributed by atoms with Gasteiger partial charge in [-0.1, -0.05) is 12.6 Å². The van der Waals surface area contributed by atoms with E-state index in [2.05, 4.69) is 17.2 Å². The third kappa shape index (κ3) is 4.19. The fourth-order valence-electron chi connectivity index (χ4n) is 3.28. The molecule has 1 aliphatic rings. The van der Waals surface area contributed by atoms with Gasteiger partial charge in [0.1, 0.15) is 23.7 Å². The number of carbonyl (C=O) groups is 1. The van der Waals surface area contributed by atoms with Crippen molar-refractivity contribution in [2.75, 3.05) is 19.4 Å². The van der Waals surface area contributed by atoms with Crippen LogP contribution in [0.2, 0.25) is 0 Å². The lowest BCUT2D eigenvalue weighted by atomic mass is 9.91. The van der Waals surface area contributed by atoms with Crippen LogP contribution in [0.1, 0.15) is 27.9 Å². The second-order valence-electron chi connectivity index (χ2n) is 7.65. The molecule has 0 bridgehead atoms.